The zero-order valence-corrected chi connectivity index (χ0v) is 12.0. The van der Waals surface area contributed by atoms with Crippen molar-refractivity contribution in [2.75, 3.05) is 0 Å². The molecule has 0 unspecified atom stereocenters. The molecule has 0 atom stereocenters. The molecule has 3 aromatic heterocycles. The third-order valence-corrected chi connectivity index (χ3v) is 2.30. The minimum Gasteiger partial charge on any atom is -0.422 e. The number of hydrogen-bond acceptors (Lipinski definition) is 4. The fraction of sp³-hybridized carbons (Fsp3) is 0.200. The summed E-state index contributed by atoms with van der Waals surface area (Å²) in [6, 6.07) is 1.92. The molecule has 3 aromatic rings. The van der Waals surface area contributed by atoms with E-state index in [9.17, 15) is 0 Å². The summed E-state index contributed by atoms with van der Waals surface area (Å²) in [4.78, 5) is 8.57. The van der Waals surface area contributed by atoms with E-state index in [0.29, 0.717) is 11.5 Å². The second-order valence-electron chi connectivity index (χ2n) is 3.58. The minimum atomic E-state index is 0. The maximum atomic E-state index is 4.37. The van der Waals surface area contributed by atoms with Gasteiger partial charge in [0.2, 0.25) is 0 Å². The van der Waals surface area contributed by atoms with Crippen molar-refractivity contribution in [3.63, 3.8) is 0 Å². The van der Waals surface area contributed by atoms with Gasteiger partial charge in [0.05, 0.1) is 5.69 Å². The first-order valence-corrected chi connectivity index (χ1v) is 4.89. The third-order valence-electron chi connectivity index (χ3n) is 2.30. The van der Waals surface area contributed by atoms with Crippen molar-refractivity contribution in [2.24, 2.45) is 0 Å². The van der Waals surface area contributed by atoms with Gasteiger partial charge in [0, 0.05) is 44.0 Å². The summed E-state index contributed by atoms with van der Waals surface area (Å²) < 4.78 is 1.72. The van der Waals surface area contributed by atoms with Crippen LogP contribution >= 0.6 is 0 Å². The predicted octanol–water partition coefficient (Wildman–Crippen LogP) is 0.782. The molecule has 0 aromatic carbocycles. The largest absolute Gasteiger partial charge is 0.422 e. The zero-order valence-electron chi connectivity index (χ0n) is 9.29. The van der Waals surface area contributed by atoms with Gasteiger partial charge in [0.15, 0.2) is 5.82 Å². The molecule has 0 aliphatic carbocycles. The SMILES string of the molecule is Cc1ccn(-c2nc(C)nc3[n-]ncc23)n1.[Re]. The average Bonchev–Trinajstić information content (AvgIpc) is 2.84. The van der Waals surface area contributed by atoms with Gasteiger partial charge < -0.3 is 10.1 Å². The Morgan fingerprint density at radius 2 is 2.06 bits per heavy atom. The molecule has 0 aliphatic rings. The summed E-state index contributed by atoms with van der Waals surface area (Å²) in [7, 11) is 0. The van der Waals surface area contributed by atoms with Gasteiger partial charge in [-0.2, -0.15) is 5.10 Å². The fourth-order valence-corrected chi connectivity index (χ4v) is 1.59. The fourth-order valence-electron chi connectivity index (χ4n) is 1.59. The van der Waals surface area contributed by atoms with E-state index in [1.54, 1.807) is 10.9 Å². The Labute approximate surface area is 111 Å². The topological polar surface area (TPSA) is 70.6 Å². The van der Waals surface area contributed by atoms with Gasteiger partial charge in [0.25, 0.3) is 0 Å². The molecule has 0 spiro atoms. The van der Waals surface area contributed by atoms with E-state index in [1.807, 2.05) is 26.1 Å². The van der Waals surface area contributed by atoms with Gasteiger partial charge in [-0.25, -0.2) is 9.67 Å². The van der Waals surface area contributed by atoms with Crippen molar-refractivity contribution < 1.29 is 20.4 Å². The van der Waals surface area contributed by atoms with Crippen LogP contribution in [0.2, 0.25) is 0 Å². The molecule has 3 heterocycles. The van der Waals surface area contributed by atoms with Crippen LogP contribution in [-0.4, -0.2) is 24.8 Å². The van der Waals surface area contributed by atoms with E-state index in [4.69, 9.17) is 0 Å². The van der Waals surface area contributed by atoms with Crippen LogP contribution in [0.1, 0.15) is 11.5 Å². The molecular weight excluding hydrogens is 390 g/mol. The maximum absolute atomic E-state index is 4.37. The second-order valence-corrected chi connectivity index (χ2v) is 3.58. The van der Waals surface area contributed by atoms with Crippen molar-refractivity contribution in [3.05, 3.63) is 30.0 Å². The van der Waals surface area contributed by atoms with E-state index in [-0.39, 0.29) is 20.4 Å². The molecule has 0 aliphatic heterocycles. The number of aryl methyl sites for hydroxylation is 2. The summed E-state index contributed by atoms with van der Waals surface area (Å²) in [6.45, 7) is 3.76. The van der Waals surface area contributed by atoms with Gasteiger partial charge in [-0.3, -0.25) is 5.10 Å². The summed E-state index contributed by atoms with van der Waals surface area (Å²) >= 11 is 0. The van der Waals surface area contributed by atoms with Gasteiger partial charge in [0.1, 0.15) is 0 Å². The Kier molecular flexibility index (Phi) is 3.05. The molecule has 7 heteroatoms. The first-order valence-electron chi connectivity index (χ1n) is 4.89. The molecule has 0 bridgehead atoms. The van der Waals surface area contributed by atoms with Crippen LogP contribution in [0, 0.1) is 13.8 Å². The van der Waals surface area contributed by atoms with Crippen LogP contribution in [-0.2, 0) is 20.4 Å². The van der Waals surface area contributed by atoms with Crippen molar-refractivity contribution in [1.29, 1.82) is 0 Å². The Morgan fingerprint density at radius 1 is 1.24 bits per heavy atom. The predicted molar refractivity (Wildman–Crippen MR) is 57.2 cm³/mol. The quantitative estimate of drug-likeness (QED) is 0.605. The van der Waals surface area contributed by atoms with Crippen LogP contribution in [0.15, 0.2) is 18.5 Å². The second kappa shape index (κ2) is 4.36. The number of rotatable bonds is 1. The van der Waals surface area contributed by atoms with E-state index < -0.39 is 0 Å². The van der Waals surface area contributed by atoms with Crippen LogP contribution in [0.4, 0.5) is 0 Å². The average molecular weight is 399 g/mol. The molecule has 87 valence electrons. The number of hydrogen-bond donors (Lipinski definition) is 0. The van der Waals surface area contributed by atoms with Crippen molar-refractivity contribution in [3.8, 4) is 5.82 Å². The molecule has 0 saturated carbocycles. The summed E-state index contributed by atoms with van der Waals surface area (Å²) in [5, 5.41) is 12.9. The first-order chi connectivity index (χ1) is 7.74. The molecule has 6 nitrogen and oxygen atoms in total. The minimum absolute atomic E-state index is 0. The van der Waals surface area contributed by atoms with Crippen molar-refractivity contribution in [1.82, 2.24) is 29.9 Å². The van der Waals surface area contributed by atoms with E-state index in [2.05, 4.69) is 25.3 Å². The van der Waals surface area contributed by atoms with Crippen molar-refractivity contribution in [2.45, 2.75) is 13.8 Å². The standard InChI is InChI=1S/C10H9N6.Re/c1-6-3-4-16(15-6)10-8-5-11-14-9(8)12-7(2)13-10;/h3-5H,1-2H3;/q-1;. The molecule has 0 saturated heterocycles. The molecule has 17 heavy (non-hydrogen) atoms. The summed E-state index contributed by atoms with van der Waals surface area (Å²) in [6.07, 6.45) is 3.52. The molecule has 3 rings (SSSR count). The smallest absolute Gasteiger partial charge is 0.161 e. The third kappa shape index (κ3) is 1.99. The Morgan fingerprint density at radius 3 is 2.76 bits per heavy atom. The van der Waals surface area contributed by atoms with E-state index in [0.717, 1.165) is 16.9 Å². The van der Waals surface area contributed by atoms with E-state index in [1.165, 1.54) is 0 Å². The number of nitrogens with zero attached hydrogens (tertiary/aromatic N) is 6. The van der Waals surface area contributed by atoms with Crippen LogP contribution in [0.25, 0.3) is 16.9 Å². The maximum Gasteiger partial charge on any atom is 0.161 e. The van der Waals surface area contributed by atoms with Crippen LogP contribution in [0.5, 0.6) is 0 Å². The van der Waals surface area contributed by atoms with Crippen LogP contribution < -0.4 is 5.10 Å². The normalized spacial score (nSPS) is 10.5. The summed E-state index contributed by atoms with van der Waals surface area (Å²) in [5.74, 6) is 1.39. The first kappa shape index (κ1) is 11.9. The number of fused-ring (bicyclic) bond motifs is 1. The van der Waals surface area contributed by atoms with Gasteiger partial charge in [-0.1, -0.05) is 0 Å². The van der Waals surface area contributed by atoms with Gasteiger partial charge >= 0.3 is 0 Å². The summed E-state index contributed by atoms with van der Waals surface area (Å²) in [5.41, 5.74) is 1.55. The van der Waals surface area contributed by atoms with Crippen LogP contribution in [0.3, 0.4) is 0 Å². The molecule has 0 N–H and O–H groups in total. The zero-order chi connectivity index (χ0) is 11.1. The molecule has 0 amide bonds. The van der Waals surface area contributed by atoms with E-state index >= 15 is 0 Å². The number of aromatic nitrogens is 6. The Bertz CT molecular complexity index is 656. The van der Waals surface area contributed by atoms with Gasteiger partial charge in [-0.15, -0.1) is 0 Å². The Hall–Kier alpha value is -1.58. The van der Waals surface area contributed by atoms with Crippen molar-refractivity contribution >= 4 is 11.0 Å². The molecule has 1 radical (unpaired) electrons. The monoisotopic (exact) mass is 400 g/mol. The van der Waals surface area contributed by atoms with Gasteiger partial charge in [-0.05, 0) is 25.6 Å². The molecule has 0 fully saturated rings. The molecular formula is C10H9N6Re-. The Balaban J connectivity index is 0.00000108.